The van der Waals surface area contributed by atoms with E-state index < -0.39 is 6.10 Å². The van der Waals surface area contributed by atoms with Crippen LogP contribution in [0, 0.1) is 0 Å². The van der Waals surface area contributed by atoms with E-state index in [0.717, 1.165) is 0 Å². The van der Waals surface area contributed by atoms with Gasteiger partial charge in [0.15, 0.2) is 0 Å². The van der Waals surface area contributed by atoms with Gasteiger partial charge in [0, 0.05) is 0 Å². The zero-order valence-corrected chi connectivity index (χ0v) is 4.27. The van der Waals surface area contributed by atoms with Crippen LogP contribution in [-0.2, 0) is 0 Å². The molecule has 0 aliphatic rings. The van der Waals surface area contributed by atoms with Crippen molar-refractivity contribution in [3.8, 4) is 0 Å². The third-order valence-electron chi connectivity index (χ3n) is 0.332. The van der Waals surface area contributed by atoms with Crippen molar-refractivity contribution in [1.82, 2.24) is 0 Å². The molecule has 1 unspecified atom stereocenters. The van der Waals surface area contributed by atoms with Crippen molar-refractivity contribution in [1.29, 1.82) is 0 Å². The maximum atomic E-state index is 9.78. The van der Waals surface area contributed by atoms with Crippen LogP contribution >= 0.6 is 0 Å². The zero-order chi connectivity index (χ0) is 4.28. The molecule has 0 bridgehead atoms. The fraction of sp³-hybridized carbons (Fsp3) is 0.500. The molecule has 0 rings (SSSR count). The van der Waals surface area contributed by atoms with E-state index in [-0.39, 0.29) is 18.9 Å². The summed E-state index contributed by atoms with van der Waals surface area (Å²) >= 11 is 0. The van der Waals surface area contributed by atoms with Crippen molar-refractivity contribution in [2.24, 2.45) is 0 Å². The Morgan fingerprint density at radius 1 is 1.83 bits per heavy atom. The molecular formula is C4H7LiO. The molecule has 0 heterocycles. The van der Waals surface area contributed by atoms with Crippen LogP contribution in [0.25, 0.3) is 0 Å². The van der Waals surface area contributed by atoms with E-state index in [1.54, 1.807) is 6.92 Å². The van der Waals surface area contributed by atoms with Crippen LogP contribution in [0.1, 0.15) is 6.92 Å². The summed E-state index contributed by atoms with van der Waals surface area (Å²) in [6.07, 6.45) is 0.759. The van der Waals surface area contributed by atoms with Crippen LogP contribution in [-0.4, -0.2) is 6.10 Å². The van der Waals surface area contributed by atoms with E-state index in [0.29, 0.717) is 0 Å². The van der Waals surface area contributed by atoms with E-state index in [9.17, 15) is 5.11 Å². The minimum Gasteiger partial charge on any atom is -0.849 e. The van der Waals surface area contributed by atoms with Crippen LogP contribution < -0.4 is 24.0 Å². The Hall–Kier alpha value is 0.297. The fourth-order valence-electron chi connectivity index (χ4n) is 0. The first-order valence-corrected chi connectivity index (χ1v) is 1.55. The predicted octanol–water partition coefficient (Wildman–Crippen LogP) is -3.07. The van der Waals surface area contributed by atoms with Crippen LogP contribution in [0.5, 0.6) is 0 Å². The molecule has 0 fully saturated rings. The average molecular weight is 78.0 g/mol. The van der Waals surface area contributed by atoms with E-state index in [1.807, 2.05) is 0 Å². The Morgan fingerprint density at radius 2 is 2.00 bits per heavy atom. The molecule has 0 N–H and O–H groups in total. The van der Waals surface area contributed by atoms with Gasteiger partial charge in [0.1, 0.15) is 0 Å². The topological polar surface area (TPSA) is 23.1 Å². The van der Waals surface area contributed by atoms with Crippen molar-refractivity contribution < 1.29 is 24.0 Å². The summed E-state index contributed by atoms with van der Waals surface area (Å²) in [5.74, 6) is 0. The second-order valence-electron chi connectivity index (χ2n) is 0.941. The molecule has 1 nitrogen and oxygen atoms in total. The number of rotatable bonds is 1. The van der Waals surface area contributed by atoms with Gasteiger partial charge in [0.2, 0.25) is 0 Å². The molecule has 0 aromatic carbocycles. The van der Waals surface area contributed by atoms with E-state index in [1.165, 1.54) is 6.08 Å². The van der Waals surface area contributed by atoms with Gasteiger partial charge < -0.3 is 5.11 Å². The molecule has 0 aromatic rings. The maximum Gasteiger partial charge on any atom is 1.00 e. The summed E-state index contributed by atoms with van der Waals surface area (Å²) in [5.41, 5.74) is 0. The Kier molecular flexibility index (Phi) is 8.45. The summed E-state index contributed by atoms with van der Waals surface area (Å²) in [7, 11) is 0. The van der Waals surface area contributed by atoms with Gasteiger partial charge in [-0.05, 0) is 0 Å². The summed E-state index contributed by atoms with van der Waals surface area (Å²) in [5, 5.41) is 9.78. The van der Waals surface area contributed by atoms with E-state index in [4.69, 9.17) is 0 Å². The molecule has 2 heteroatoms. The van der Waals surface area contributed by atoms with Gasteiger partial charge in [-0.2, -0.15) is 0 Å². The number of hydrogen-bond donors (Lipinski definition) is 0. The van der Waals surface area contributed by atoms with Crippen molar-refractivity contribution in [2.75, 3.05) is 0 Å². The van der Waals surface area contributed by atoms with Gasteiger partial charge in [0.05, 0.1) is 0 Å². The van der Waals surface area contributed by atoms with Gasteiger partial charge in [-0.1, -0.05) is 6.92 Å². The minimum atomic E-state index is -0.602. The summed E-state index contributed by atoms with van der Waals surface area (Å²) < 4.78 is 0. The van der Waals surface area contributed by atoms with Gasteiger partial charge in [-0.3, -0.25) is 0 Å². The predicted molar refractivity (Wildman–Crippen MR) is 19.7 cm³/mol. The number of hydrogen-bond acceptors (Lipinski definition) is 1. The summed E-state index contributed by atoms with van der Waals surface area (Å²) in [4.78, 5) is 0. The molecule has 0 amide bonds. The first-order valence-electron chi connectivity index (χ1n) is 1.55. The second-order valence-corrected chi connectivity index (χ2v) is 0.941. The average Bonchev–Trinajstić information content (AvgIpc) is 1.38. The molecule has 0 radical (unpaired) electrons. The maximum absolute atomic E-state index is 9.78. The second kappa shape index (κ2) is 5.30. The van der Waals surface area contributed by atoms with Crippen LogP contribution in [0.3, 0.4) is 0 Å². The Balaban J connectivity index is 0. The standard InChI is InChI=1S/C4H7O.Li/c1-3-4(2)5;/h3-4H,1H2,2H3;/q-1;+1. The third kappa shape index (κ3) is 8.85. The summed E-state index contributed by atoms with van der Waals surface area (Å²) in [6, 6.07) is 0. The molecule has 0 saturated carbocycles. The Bertz CT molecular complexity index is 34.5. The fourth-order valence-corrected chi connectivity index (χ4v) is 0. The quantitative estimate of drug-likeness (QED) is 0.241. The molecular weight excluding hydrogens is 71.0 g/mol. The van der Waals surface area contributed by atoms with Gasteiger partial charge in [-0.25, -0.2) is 0 Å². The van der Waals surface area contributed by atoms with Crippen molar-refractivity contribution in [3.05, 3.63) is 12.7 Å². The third-order valence-corrected chi connectivity index (χ3v) is 0.332. The molecule has 0 spiro atoms. The van der Waals surface area contributed by atoms with Gasteiger partial charge in [-0.15, -0.1) is 18.8 Å². The molecule has 0 saturated heterocycles. The Morgan fingerprint density at radius 3 is 2.00 bits per heavy atom. The summed E-state index contributed by atoms with van der Waals surface area (Å²) in [6.45, 7) is 4.80. The monoisotopic (exact) mass is 78.1 g/mol. The van der Waals surface area contributed by atoms with Crippen LogP contribution in [0.4, 0.5) is 0 Å². The van der Waals surface area contributed by atoms with Crippen molar-refractivity contribution >= 4 is 0 Å². The van der Waals surface area contributed by atoms with E-state index >= 15 is 0 Å². The first kappa shape index (κ1) is 9.57. The van der Waals surface area contributed by atoms with Crippen molar-refractivity contribution in [2.45, 2.75) is 13.0 Å². The largest absolute Gasteiger partial charge is 1.00 e. The zero-order valence-electron chi connectivity index (χ0n) is 4.27. The van der Waals surface area contributed by atoms with Gasteiger partial charge >= 0.3 is 18.9 Å². The van der Waals surface area contributed by atoms with Crippen LogP contribution in [0.2, 0.25) is 0 Å². The normalized spacial score (nSPS) is 11.7. The molecule has 0 aromatic heterocycles. The SMILES string of the molecule is C=CC(C)[O-].[Li+]. The van der Waals surface area contributed by atoms with Crippen molar-refractivity contribution in [3.63, 3.8) is 0 Å². The smallest absolute Gasteiger partial charge is 0.849 e. The van der Waals surface area contributed by atoms with Gasteiger partial charge in [0.25, 0.3) is 0 Å². The molecule has 0 aliphatic heterocycles. The van der Waals surface area contributed by atoms with E-state index in [2.05, 4.69) is 6.58 Å². The van der Waals surface area contributed by atoms with Crippen LogP contribution in [0.15, 0.2) is 12.7 Å². The molecule has 30 valence electrons. The first-order chi connectivity index (χ1) is 2.27. The molecule has 1 atom stereocenters. The molecule has 6 heavy (non-hydrogen) atoms. The Labute approximate surface area is 50.2 Å². The molecule has 0 aliphatic carbocycles. The minimum absolute atomic E-state index is 0.